The normalized spacial score (nSPS) is 75.5. The summed E-state index contributed by atoms with van der Waals surface area (Å²) < 4.78 is 0. The highest BCUT2D eigenvalue weighted by Crippen LogP contribution is 2.72. The van der Waals surface area contributed by atoms with E-state index in [-0.39, 0.29) is 6.10 Å². The Morgan fingerprint density at radius 1 is 0.636 bits per heavy atom. The van der Waals surface area contributed by atoms with Gasteiger partial charge in [0, 0.05) is 0 Å². The van der Waals surface area contributed by atoms with Crippen LogP contribution in [0, 0.1) is 35.5 Å². The molecule has 0 radical (unpaired) electrons. The largest absolute Gasteiger partial charge is 0.393 e. The predicted octanol–water partition coefficient (Wildman–Crippen LogP) is 1.27. The van der Waals surface area contributed by atoms with Crippen molar-refractivity contribution in [1.82, 2.24) is 0 Å². The lowest BCUT2D eigenvalue weighted by Gasteiger charge is -2.06. The smallest absolute Gasteiger partial charge is 0.0602 e. The fraction of sp³-hybridized carbons (Fsp3) is 1.00. The molecule has 4 aliphatic rings. The maximum Gasteiger partial charge on any atom is 0.0602 e. The van der Waals surface area contributed by atoms with Crippen LogP contribution in [-0.4, -0.2) is 11.2 Å². The molecule has 1 N–H and O–H groups in total. The number of hydrogen-bond donors (Lipinski definition) is 1. The summed E-state index contributed by atoms with van der Waals surface area (Å²) in [5.41, 5.74) is 0. The summed E-state index contributed by atoms with van der Waals surface area (Å²) in [4.78, 5) is 0. The molecule has 4 fully saturated rings. The minimum atomic E-state index is 0.123. The lowest BCUT2D eigenvalue weighted by Crippen LogP contribution is -2.13. The molecule has 60 valence electrons. The summed E-state index contributed by atoms with van der Waals surface area (Å²) in [6.07, 6.45) is 4.38. The first-order valence-electron chi connectivity index (χ1n) is 5.04. The molecule has 0 amide bonds. The average Bonchev–Trinajstić information content (AvgIpc) is 2.81. The van der Waals surface area contributed by atoms with Crippen LogP contribution in [0.1, 0.15) is 19.3 Å². The van der Waals surface area contributed by atoms with E-state index in [1.54, 1.807) is 0 Å². The Kier molecular flexibility index (Phi) is 0.706. The Hall–Kier alpha value is -0.0400. The van der Waals surface area contributed by atoms with Gasteiger partial charge in [0.2, 0.25) is 0 Å². The van der Waals surface area contributed by atoms with E-state index in [4.69, 9.17) is 0 Å². The van der Waals surface area contributed by atoms with E-state index in [9.17, 15) is 5.11 Å². The summed E-state index contributed by atoms with van der Waals surface area (Å²) in [6, 6.07) is 0. The monoisotopic (exact) mass is 150 g/mol. The topological polar surface area (TPSA) is 20.2 Å². The van der Waals surface area contributed by atoms with Crippen LogP contribution in [0.4, 0.5) is 0 Å². The van der Waals surface area contributed by atoms with Crippen molar-refractivity contribution in [1.29, 1.82) is 0 Å². The molecule has 0 aromatic carbocycles. The number of fused-ring (bicyclic) bond motifs is 5. The van der Waals surface area contributed by atoms with Crippen LogP contribution in [-0.2, 0) is 0 Å². The molecule has 7 atom stereocenters. The van der Waals surface area contributed by atoms with Crippen LogP contribution >= 0.6 is 0 Å². The summed E-state index contributed by atoms with van der Waals surface area (Å²) in [5, 5.41) is 9.85. The molecule has 1 nitrogen and oxygen atoms in total. The van der Waals surface area contributed by atoms with Crippen LogP contribution in [0.25, 0.3) is 0 Å². The van der Waals surface area contributed by atoms with Gasteiger partial charge in [0.1, 0.15) is 0 Å². The summed E-state index contributed by atoms with van der Waals surface area (Å²) in [6.45, 7) is 0. The molecule has 0 bridgehead atoms. The van der Waals surface area contributed by atoms with Crippen molar-refractivity contribution in [3.63, 3.8) is 0 Å². The molecule has 1 unspecified atom stereocenters. The fourth-order valence-electron chi connectivity index (χ4n) is 3.78. The van der Waals surface area contributed by atoms with Crippen molar-refractivity contribution in [2.24, 2.45) is 35.5 Å². The number of rotatable bonds is 0. The van der Waals surface area contributed by atoms with Gasteiger partial charge in [-0.2, -0.15) is 0 Å². The maximum absolute atomic E-state index is 9.85. The SMILES string of the molecule is OC1[C@H]2C[C@H]2[C@H]2C[C@H]2[C@H]2C[C@@H]12. The highest BCUT2D eigenvalue weighted by molar-refractivity contribution is 5.16. The standard InChI is InChI=1S/C10H14O/c11-10-8-2-6(8)4-1-5(4)7-3-9(7)10/h4-11H,1-3H2/t4-,5+,6-,7+,8-,9+,10?. The van der Waals surface area contributed by atoms with Crippen LogP contribution < -0.4 is 0 Å². The van der Waals surface area contributed by atoms with Gasteiger partial charge >= 0.3 is 0 Å². The molecule has 11 heavy (non-hydrogen) atoms. The Labute approximate surface area is 66.8 Å². The fourth-order valence-corrected chi connectivity index (χ4v) is 3.78. The highest BCUT2D eigenvalue weighted by atomic mass is 16.3. The Bertz CT molecular complexity index is 199. The maximum atomic E-state index is 9.85. The molecule has 4 saturated carbocycles. The number of aliphatic hydroxyl groups excluding tert-OH is 1. The van der Waals surface area contributed by atoms with Crippen LogP contribution in [0.3, 0.4) is 0 Å². The average molecular weight is 150 g/mol. The van der Waals surface area contributed by atoms with Gasteiger partial charge in [-0.25, -0.2) is 0 Å². The zero-order valence-electron chi connectivity index (χ0n) is 6.61. The molecular weight excluding hydrogens is 136 g/mol. The molecule has 0 aromatic heterocycles. The van der Waals surface area contributed by atoms with E-state index >= 15 is 0 Å². The van der Waals surface area contributed by atoms with Crippen molar-refractivity contribution >= 4 is 0 Å². The van der Waals surface area contributed by atoms with Gasteiger partial charge in [0.25, 0.3) is 0 Å². The molecule has 4 rings (SSSR count). The van der Waals surface area contributed by atoms with E-state index in [1.165, 1.54) is 19.3 Å². The second-order valence-electron chi connectivity index (χ2n) is 5.18. The Morgan fingerprint density at radius 3 is 1.55 bits per heavy atom. The van der Waals surface area contributed by atoms with Gasteiger partial charge in [-0.3, -0.25) is 0 Å². The highest BCUT2D eigenvalue weighted by Gasteiger charge is 2.68. The van der Waals surface area contributed by atoms with E-state index in [1.807, 2.05) is 0 Å². The Morgan fingerprint density at radius 2 is 1.00 bits per heavy atom. The first kappa shape index (κ1) is 5.58. The summed E-state index contributed by atoms with van der Waals surface area (Å²) in [7, 11) is 0. The van der Waals surface area contributed by atoms with E-state index < -0.39 is 0 Å². The van der Waals surface area contributed by atoms with Gasteiger partial charge < -0.3 is 5.11 Å². The van der Waals surface area contributed by atoms with Gasteiger partial charge in [0.05, 0.1) is 6.10 Å². The lowest BCUT2D eigenvalue weighted by atomic mass is 10.1. The third-order valence-corrected chi connectivity index (χ3v) is 4.65. The molecule has 0 heterocycles. The third kappa shape index (κ3) is 0.547. The van der Waals surface area contributed by atoms with Crippen molar-refractivity contribution in [2.75, 3.05) is 0 Å². The summed E-state index contributed by atoms with van der Waals surface area (Å²) >= 11 is 0. The third-order valence-electron chi connectivity index (χ3n) is 4.65. The van der Waals surface area contributed by atoms with Crippen molar-refractivity contribution in [3.05, 3.63) is 0 Å². The molecule has 0 saturated heterocycles. The van der Waals surface area contributed by atoms with E-state index in [0.29, 0.717) is 0 Å². The molecule has 0 spiro atoms. The first-order chi connectivity index (χ1) is 5.36. The molecule has 0 aromatic rings. The molecule has 0 aliphatic heterocycles. The van der Waals surface area contributed by atoms with E-state index in [2.05, 4.69) is 0 Å². The van der Waals surface area contributed by atoms with Crippen LogP contribution in [0.15, 0.2) is 0 Å². The molecular formula is C10H14O. The predicted molar refractivity (Wildman–Crippen MR) is 40.8 cm³/mol. The Balaban J connectivity index is 1.72. The van der Waals surface area contributed by atoms with Crippen molar-refractivity contribution in [3.8, 4) is 0 Å². The lowest BCUT2D eigenvalue weighted by molar-refractivity contribution is 0.118. The summed E-state index contributed by atoms with van der Waals surface area (Å²) in [5.74, 6) is 5.61. The minimum absolute atomic E-state index is 0.123. The molecule has 1 heteroatoms. The minimum Gasteiger partial charge on any atom is -0.393 e. The van der Waals surface area contributed by atoms with Gasteiger partial charge in [0.15, 0.2) is 0 Å². The molecule has 4 aliphatic carbocycles. The van der Waals surface area contributed by atoms with Gasteiger partial charge in [-0.15, -0.1) is 0 Å². The second kappa shape index (κ2) is 1.39. The van der Waals surface area contributed by atoms with Gasteiger partial charge in [-0.05, 0) is 54.8 Å². The van der Waals surface area contributed by atoms with Crippen LogP contribution in [0.2, 0.25) is 0 Å². The number of hydrogen-bond acceptors (Lipinski definition) is 1. The van der Waals surface area contributed by atoms with Crippen molar-refractivity contribution < 1.29 is 5.11 Å². The second-order valence-corrected chi connectivity index (χ2v) is 5.18. The van der Waals surface area contributed by atoms with Gasteiger partial charge in [-0.1, -0.05) is 0 Å². The van der Waals surface area contributed by atoms with Crippen molar-refractivity contribution in [2.45, 2.75) is 25.4 Å². The zero-order chi connectivity index (χ0) is 7.16. The van der Waals surface area contributed by atoms with Crippen LogP contribution in [0.5, 0.6) is 0 Å². The zero-order valence-corrected chi connectivity index (χ0v) is 6.61. The number of aliphatic hydroxyl groups is 1. The quantitative estimate of drug-likeness (QED) is 0.551. The first-order valence-corrected chi connectivity index (χ1v) is 5.04. The van der Waals surface area contributed by atoms with E-state index in [0.717, 1.165) is 35.5 Å².